The van der Waals surface area contributed by atoms with Crippen LogP contribution in [0.25, 0.3) is 0 Å². The number of Topliss-reactive ketones (excluding diaryl/α,β-unsaturated/α-hetero) is 1. The largest absolute Gasteiger partial charge is 0.481 e. The summed E-state index contributed by atoms with van der Waals surface area (Å²) in [5, 5.41) is 8.87. The predicted octanol–water partition coefficient (Wildman–Crippen LogP) is 2.41. The van der Waals surface area contributed by atoms with Gasteiger partial charge in [0, 0.05) is 5.41 Å². The number of allylic oxidation sites excluding steroid dienone is 1. The van der Waals surface area contributed by atoms with Gasteiger partial charge >= 0.3 is 5.97 Å². The summed E-state index contributed by atoms with van der Waals surface area (Å²) in [6, 6.07) is 0. The molecule has 1 rings (SSSR count). The van der Waals surface area contributed by atoms with E-state index in [1.54, 1.807) is 13.0 Å². The first-order valence-electron chi connectivity index (χ1n) is 5.36. The molecule has 0 saturated heterocycles. The lowest BCUT2D eigenvalue weighted by Crippen LogP contribution is -2.35. The zero-order valence-corrected chi connectivity index (χ0v) is 9.16. The molecule has 3 heteroatoms. The molecule has 84 valence electrons. The lowest BCUT2D eigenvalue weighted by Gasteiger charge is -2.36. The fraction of sp³-hybridized carbons (Fsp3) is 0.667. The summed E-state index contributed by atoms with van der Waals surface area (Å²) in [6.45, 7) is 5.27. The van der Waals surface area contributed by atoms with E-state index in [2.05, 4.69) is 6.58 Å². The Hall–Kier alpha value is -1.12. The number of carboxylic acid groups (broad SMARTS) is 1. The summed E-state index contributed by atoms with van der Waals surface area (Å²) >= 11 is 0. The van der Waals surface area contributed by atoms with Crippen molar-refractivity contribution in [3.05, 3.63) is 12.7 Å². The molecule has 0 atom stereocenters. The van der Waals surface area contributed by atoms with Crippen LogP contribution < -0.4 is 0 Å². The molecule has 0 aromatic heterocycles. The van der Waals surface area contributed by atoms with E-state index in [0.29, 0.717) is 32.1 Å². The van der Waals surface area contributed by atoms with Crippen molar-refractivity contribution in [2.75, 3.05) is 0 Å². The van der Waals surface area contributed by atoms with Gasteiger partial charge in [-0.05, 0) is 39.0 Å². The second-order valence-electron chi connectivity index (χ2n) is 4.44. The van der Waals surface area contributed by atoms with E-state index < -0.39 is 5.97 Å². The minimum Gasteiger partial charge on any atom is -0.481 e. The summed E-state index contributed by atoms with van der Waals surface area (Å²) in [5.41, 5.74) is -0.326. The number of aliphatic carboxylic acids is 1. The Kier molecular flexibility index (Phi) is 3.66. The molecule has 0 heterocycles. The van der Waals surface area contributed by atoms with Gasteiger partial charge in [0.2, 0.25) is 0 Å². The van der Waals surface area contributed by atoms with E-state index in [1.807, 2.05) is 0 Å². The van der Waals surface area contributed by atoms with Crippen LogP contribution in [-0.4, -0.2) is 16.9 Å². The van der Waals surface area contributed by atoms with Crippen molar-refractivity contribution in [3.8, 4) is 0 Å². The van der Waals surface area contributed by atoms with Gasteiger partial charge in [-0.2, -0.15) is 0 Å². The van der Waals surface area contributed by atoms with E-state index in [0.717, 1.165) is 0 Å². The number of carboxylic acids is 1. The molecule has 15 heavy (non-hydrogen) atoms. The van der Waals surface area contributed by atoms with Crippen LogP contribution in [0.1, 0.15) is 39.0 Å². The normalized spacial score (nSPS) is 30.9. The van der Waals surface area contributed by atoms with Gasteiger partial charge in [-0.1, -0.05) is 6.08 Å². The topological polar surface area (TPSA) is 54.4 Å². The number of hydrogen-bond donors (Lipinski definition) is 1. The summed E-state index contributed by atoms with van der Waals surface area (Å²) in [7, 11) is 0. The fourth-order valence-corrected chi connectivity index (χ4v) is 2.39. The Morgan fingerprint density at radius 2 is 2.00 bits per heavy atom. The molecule has 1 aliphatic carbocycles. The molecule has 1 fully saturated rings. The first kappa shape index (κ1) is 12.0. The van der Waals surface area contributed by atoms with Gasteiger partial charge in [0.1, 0.15) is 5.78 Å². The van der Waals surface area contributed by atoms with Crippen LogP contribution in [0.3, 0.4) is 0 Å². The highest BCUT2D eigenvalue weighted by Gasteiger charge is 2.39. The minimum absolute atomic E-state index is 0.172. The molecular weight excluding hydrogens is 192 g/mol. The van der Waals surface area contributed by atoms with Crippen LogP contribution in [0.2, 0.25) is 0 Å². The first-order chi connectivity index (χ1) is 7.02. The molecule has 0 unspecified atom stereocenters. The standard InChI is InChI=1S/C12H18O3/c1-3-6-12(9(2)13)7-4-10(5-8-12)11(14)15/h3,10H,1,4-8H2,2H3,(H,14,15)/t10-,12-. The molecule has 0 spiro atoms. The molecule has 0 radical (unpaired) electrons. The highest BCUT2D eigenvalue weighted by molar-refractivity contribution is 5.83. The van der Waals surface area contributed by atoms with Crippen molar-refractivity contribution >= 4 is 11.8 Å². The van der Waals surface area contributed by atoms with Crippen LogP contribution in [0.5, 0.6) is 0 Å². The van der Waals surface area contributed by atoms with Gasteiger partial charge in [0.15, 0.2) is 0 Å². The van der Waals surface area contributed by atoms with Gasteiger partial charge in [-0.15, -0.1) is 6.58 Å². The van der Waals surface area contributed by atoms with Crippen LogP contribution >= 0.6 is 0 Å². The maximum Gasteiger partial charge on any atom is 0.306 e. The second-order valence-corrected chi connectivity index (χ2v) is 4.44. The van der Waals surface area contributed by atoms with Crippen LogP contribution in [-0.2, 0) is 9.59 Å². The lowest BCUT2D eigenvalue weighted by atomic mass is 9.66. The third-order valence-corrected chi connectivity index (χ3v) is 3.57. The van der Waals surface area contributed by atoms with Crippen LogP contribution in [0, 0.1) is 11.3 Å². The molecular formula is C12H18O3. The number of carbonyl (C=O) groups is 2. The summed E-state index contributed by atoms with van der Waals surface area (Å²) in [4.78, 5) is 22.4. The predicted molar refractivity (Wildman–Crippen MR) is 57.5 cm³/mol. The van der Waals surface area contributed by atoms with Crippen LogP contribution in [0.4, 0.5) is 0 Å². The van der Waals surface area contributed by atoms with Crippen molar-refractivity contribution in [1.82, 2.24) is 0 Å². The van der Waals surface area contributed by atoms with Crippen molar-refractivity contribution in [2.45, 2.75) is 39.0 Å². The second kappa shape index (κ2) is 4.60. The highest BCUT2D eigenvalue weighted by atomic mass is 16.4. The number of hydrogen-bond acceptors (Lipinski definition) is 2. The molecule has 1 N–H and O–H groups in total. The van der Waals surface area contributed by atoms with Crippen molar-refractivity contribution in [2.24, 2.45) is 11.3 Å². The Labute approximate surface area is 90.2 Å². The third kappa shape index (κ3) is 2.46. The Morgan fingerprint density at radius 3 is 2.33 bits per heavy atom. The SMILES string of the molecule is C=CC[C@]1(C(C)=O)CC[C@H](C(=O)O)CC1. The van der Waals surface area contributed by atoms with Gasteiger partial charge in [-0.3, -0.25) is 9.59 Å². The van der Waals surface area contributed by atoms with E-state index in [1.165, 1.54) is 0 Å². The zero-order valence-electron chi connectivity index (χ0n) is 9.16. The number of carbonyl (C=O) groups excluding carboxylic acids is 1. The van der Waals surface area contributed by atoms with Crippen molar-refractivity contribution in [1.29, 1.82) is 0 Å². The average Bonchev–Trinajstić information content (AvgIpc) is 2.18. The maximum absolute atomic E-state index is 11.6. The molecule has 3 nitrogen and oxygen atoms in total. The molecule has 0 aliphatic heterocycles. The quantitative estimate of drug-likeness (QED) is 0.725. The summed E-state index contributed by atoms with van der Waals surface area (Å²) in [5.74, 6) is -0.820. The smallest absolute Gasteiger partial charge is 0.306 e. The van der Waals surface area contributed by atoms with Crippen molar-refractivity contribution < 1.29 is 14.7 Å². The van der Waals surface area contributed by atoms with Gasteiger partial charge in [-0.25, -0.2) is 0 Å². The van der Waals surface area contributed by atoms with E-state index in [4.69, 9.17) is 5.11 Å². The van der Waals surface area contributed by atoms with Gasteiger partial charge < -0.3 is 5.11 Å². The zero-order chi connectivity index (χ0) is 11.5. The molecule has 0 bridgehead atoms. The molecule has 0 aromatic rings. The molecule has 0 amide bonds. The summed E-state index contributed by atoms with van der Waals surface area (Å²) < 4.78 is 0. The minimum atomic E-state index is -0.731. The average molecular weight is 210 g/mol. The van der Waals surface area contributed by atoms with Gasteiger partial charge in [0.25, 0.3) is 0 Å². The molecule has 1 saturated carbocycles. The molecule has 1 aliphatic rings. The fourth-order valence-electron chi connectivity index (χ4n) is 2.39. The molecule has 0 aromatic carbocycles. The third-order valence-electron chi connectivity index (χ3n) is 3.57. The van der Waals surface area contributed by atoms with Crippen LogP contribution in [0.15, 0.2) is 12.7 Å². The highest BCUT2D eigenvalue weighted by Crippen LogP contribution is 2.42. The maximum atomic E-state index is 11.6. The number of ketones is 1. The van der Waals surface area contributed by atoms with E-state index in [9.17, 15) is 9.59 Å². The Bertz CT molecular complexity index is 273. The number of rotatable bonds is 4. The van der Waals surface area contributed by atoms with Gasteiger partial charge in [0.05, 0.1) is 5.92 Å². The monoisotopic (exact) mass is 210 g/mol. The summed E-state index contributed by atoms with van der Waals surface area (Å²) in [6.07, 6.45) is 5.04. The lowest BCUT2D eigenvalue weighted by molar-refractivity contribution is -0.145. The van der Waals surface area contributed by atoms with E-state index >= 15 is 0 Å². The first-order valence-corrected chi connectivity index (χ1v) is 5.36. The Balaban J connectivity index is 2.69. The Morgan fingerprint density at radius 1 is 1.47 bits per heavy atom. The van der Waals surface area contributed by atoms with Crippen molar-refractivity contribution in [3.63, 3.8) is 0 Å². The van der Waals surface area contributed by atoms with E-state index in [-0.39, 0.29) is 17.1 Å².